The van der Waals surface area contributed by atoms with Gasteiger partial charge in [-0.15, -0.1) is 0 Å². The molecule has 0 saturated carbocycles. The van der Waals surface area contributed by atoms with Crippen LogP contribution in [0.2, 0.25) is 0 Å². The fraction of sp³-hybridized carbons (Fsp3) is 0.565. The predicted molar refractivity (Wildman–Crippen MR) is 125 cm³/mol. The molecule has 0 spiro atoms. The van der Waals surface area contributed by atoms with Gasteiger partial charge in [0.25, 0.3) is 5.91 Å². The minimum Gasteiger partial charge on any atom is -0.489 e. The van der Waals surface area contributed by atoms with Gasteiger partial charge in [0, 0.05) is 42.8 Å². The molecule has 4 heterocycles. The molecule has 0 radical (unpaired) electrons. The standard InChI is InChI=1S/C23H31N5O2S/c1-14-10-18-19(11-17(14)27-7-6-15(13-27)26(4)5)30-9-8-28(18)22-24-16-12-23(2,3)25-21(29)20(16)31-22/h10-11,15H,6-9,12-13H2,1-5H3,(H,25,29). The Morgan fingerprint density at radius 3 is 2.81 bits per heavy atom. The van der Waals surface area contributed by atoms with E-state index in [1.54, 1.807) is 0 Å². The highest BCUT2D eigenvalue weighted by Gasteiger charge is 2.35. The summed E-state index contributed by atoms with van der Waals surface area (Å²) in [5, 5.41) is 3.96. The Bertz CT molecular complexity index is 1030. The van der Waals surface area contributed by atoms with Crippen molar-refractivity contribution in [3.05, 3.63) is 28.3 Å². The van der Waals surface area contributed by atoms with Crippen LogP contribution in [0.3, 0.4) is 0 Å². The zero-order valence-electron chi connectivity index (χ0n) is 19.0. The summed E-state index contributed by atoms with van der Waals surface area (Å²) in [7, 11) is 4.31. The SMILES string of the molecule is Cc1cc2c(cc1N1CCC(N(C)C)C1)OCCN2c1nc2c(s1)C(=O)NC(C)(C)C2. The number of aromatic nitrogens is 1. The zero-order valence-corrected chi connectivity index (χ0v) is 19.8. The maximum absolute atomic E-state index is 12.6. The molecule has 1 amide bonds. The van der Waals surface area contributed by atoms with E-state index in [9.17, 15) is 4.79 Å². The van der Waals surface area contributed by atoms with E-state index in [0.29, 0.717) is 12.6 Å². The molecule has 5 rings (SSSR count). The number of benzene rings is 1. The molecule has 1 aromatic carbocycles. The number of anilines is 3. The molecule has 1 aromatic heterocycles. The van der Waals surface area contributed by atoms with Gasteiger partial charge < -0.3 is 24.8 Å². The van der Waals surface area contributed by atoms with E-state index >= 15 is 0 Å². The normalized spacial score (nSPS) is 22.3. The van der Waals surface area contributed by atoms with Gasteiger partial charge in [-0.25, -0.2) is 4.98 Å². The summed E-state index contributed by atoms with van der Waals surface area (Å²) in [5.41, 5.74) is 4.19. The lowest BCUT2D eigenvalue weighted by Gasteiger charge is -2.32. The van der Waals surface area contributed by atoms with E-state index in [4.69, 9.17) is 9.72 Å². The highest BCUT2D eigenvalue weighted by Crippen LogP contribution is 2.44. The molecule has 0 aliphatic carbocycles. The van der Waals surface area contributed by atoms with Crippen molar-refractivity contribution in [2.45, 2.75) is 45.2 Å². The lowest BCUT2D eigenvalue weighted by Crippen LogP contribution is -2.48. The van der Waals surface area contributed by atoms with Crippen LogP contribution < -0.4 is 19.9 Å². The Hall–Kier alpha value is -2.32. The van der Waals surface area contributed by atoms with Crippen LogP contribution in [0, 0.1) is 6.92 Å². The number of hydrogen-bond donors (Lipinski definition) is 1. The van der Waals surface area contributed by atoms with Gasteiger partial charge in [0.1, 0.15) is 17.2 Å². The number of carbonyl (C=O) groups is 1. The number of nitrogens with one attached hydrogen (secondary N) is 1. The van der Waals surface area contributed by atoms with Crippen molar-refractivity contribution in [1.82, 2.24) is 15.2 Å². The number of hydrogen-bond acceptors (Lipinski definition) is 7. The summed E-state index contributed by atoms with van der Waals surface area (Å²) in [4.78, 5) is 25.2. The zero-order chi connectivity index (χ0) is 21.9. The Kier molecular flexibility index (Phi) is 4.90. The first-order valence-electron chi connectivity index (χ1n) is 11.0. The molecule has 3 aliphatic heterocycles. The second-order valence-corrected chi connectivity index (χ2v) is 10.7. The van der Waals surface area contributed by atoms with E-state index in [0.717, 1.165) is 53.2 Å². The Morgan fingerprint density at radius 1 is 1.26 bits per heavy atom. The molecule has 3 aliphatic rings. The molecule has 31 heavy (non-hydrogen) atoms. The molecular formula is C23H31N5O2S. The third kappa shape index (κ3) is 3.65. The second kappa shape index (κ2) is 7.38. The molecule has 1 N–H and O–H groups in total. The summed E-state index contributed by atoms with van der Waals surface area (Å²) in [6, 6.07) is 5.00. The van der Waals surface area contributed by atoms with Gasteiger partial charge in [0.05, 0.1) is 17.9 Å². The molecular weight excluding hydrogens is 410 g/mol. The van der Waals surface area contributed by atoms with Crippen LogP contribution >= 0.6 is 11.3 Å². The number of amides is 1. The van der Waals surface area contributed by atoms with Gasteiger partial charge in [-0.05, 0) is 52.9 Å². The maximum Gasteiger partial charge on any atom is 0.263 e. The molecule has 1 unspecified atom stereocenters. The van der Waals surface area contributed by atoms with Gasteiger partial charge in [-0.2, -0.15) is 0 Å². The van der Waals surface area contributed by atoms with Crippen LogP contribution in [0.1, 0.15) is 41.2 Å². The highest BCUT2D eigenvalue weighted by atomic mass is 32.1. The van der Waals surface area contributed by atoms with Crippen molar-refractivity contribution >= 4 is 33.8 Å². The fourth-order valence-corrected chi connectivity index (χ4v) is 5.87. The molecule has 1 saturated heterocycles. The molecule has 2 aromatic rings. The van der Waals surface area contributed by atoms with E-state index in [1.807, 2.05) is 13.8 Å². The topological polar surface area (TPSA) is 60.9 Å². The van der Waals surface area contributed by atoms with Gasteiger partial charge in [0.15, 0.2) is 5.13 Å². The Morgan fingerprint density at radius 2 is 2.06 bits per heavy atom. The van der Waals surface area contributed by atoms with Gasteiger partial charge in [-0.3, -0.25) is 4.79 Å². The highest BCUT2D eigenvalue weighted by molar-refractivity contribution is 7.17. The molecule has 166 valence electrons. The van der Waals surface area contributed by atoms with Crippen LogP contribution in [0.15, 0.2) is 12.1 Å². The number of fused-ring (bicyclic) bond motifs is 2. The lowest BCUT2D eigenvalue weighted by molar-refractivity contribution is 0.0901. The van der Waals surface area contributed by atoms with Crippen molar-refractivity contribution in [3.63, 3.8) is 0 Å². The monoisotopic (exact) mass is 441 g/mol. The largest absolute Gasteiger partial charge is 0.489 e. The minimum atomic E-state index is -0.260. The number of likely N-dealkylation sites (N-methyl/N-ethyl adjacent to an activating group) is 1. The summed E-state index contributed by atoms with van der Waals surface area (Å²) >= 11 is 1.48. The number of rotatable bonds is 3. The van der Waals surface area contributed by atoms with E-state index in [2.05, 4.69) is 53.2 Å². The van der Waals surface area contributed by atoms with Crippen molar-refractivity contribution < 1.29 is 9.53 Å². The number of aryl methyl sites for hydroxylation is 1. The number of thiazole rings is 1. The molecule has 7 nitrogen and oxygen atoms in total. The van der Waals surface area contributed by atoms with Gasteiger partial charge in [0.2, 0.25) is 0 Å². The van der Waals surface area contributed by atoms with Crippen LogP contribution in [0.4, 0.5) is 16.5 Å². The summed E-state index contributed by atoms with van der Waals surface area (Å²) in [6.07, 6.45) is 1.93. The number of ether oxygens (including phenoxy) is 1. The first kappa shape index (κ1) is 20.6. The van der Waals surface area contributed by atoms with E-state index in [1.165, 1.54) is 29.0 Å². The average Bonchev–Trinajstić information content (AvgIpc) is 3.33. The summed E-state index contributed by atoms with van der Waals surface area (Å²) in [6.45, 7) is 9.71. The number of nitrogens with zero attached hydrogens (tertiary/aromatic N) is 4. The smallest absolute Gasteiger partial charge is 0.263 e. The first-order chi connectivity index (χ1) is 14.7. The summed E-state index contributed by atoms with van der Waals surface area (Å²) < 4.78 is 6.08. The van der Waals surface area contributed by atoms with Crippen molar-refractivity contribution in [2.75, 3.05) is 50.1 Å². The Balaban J connectivity index is 1.47. The molecule has 8 heteroatoms. The second-order valence-electron chi connectivity index (χ2n) is 9.75. The quantitative estimate of drug-likeness (QED) is 0.790. The maximum atomic E-state index is 12.6. The van der Waals surface area contributed by atoms with Crippen LogP contribution in [-0.2, 0) is 6.42 Å². The van der Waals surface area contributed by atoms with Crippen molar-refractivity contribution in [3.8, 4) is 5.75 Å². The Labute approximate surface area is 188 Å². The average molecular weight is 442 g/mol. The van der Waals surface area contributed by atoms with Crippen LogP contribution in [0.25, 0.3) is 0 Å². The first-order valence-corrected chi connectivity index (χ1v) is 11.8. The van der Waals surface area contributed by atoms with Crippen molar-refractivity contribution in [1.29, 1.82) is 0 Å². The molecule has 0 bridgehead atoms. The number of carbonyl (C=O) groups excluding carboxylic acids is 1. The predicted octanol–water partition coefficient (Wildman–Crippen LogP) is 3.19. The van der Waals surface area contributed by atoms with E-state index in [-0.39, 0.29) is 11.4 Å². The molecule has 1 atom stereocenters. The summed E-state index contributed by atoms with van der Waals surface area (Å²) in [5.74, 6) is 0.887. The van der Waals surface area contributed by atoms with Crippen LogP contribution in [0.5, 0.6) is 5.75 Å². The fourth-order valence-electron chi connectivity index (χ4n) is 4.86. The third-order valence-corrected chi connectivity index (χ3v) is 7.68. The van der Waals surface area contributed by atoms with E-state index < -0.39 is 0 Å². The molecule has 1 fully saturated rings. The minimum absolute atomic E-state index is 0.0144. The van der Waals surface area contributed by atoms with Gasteiger partial charge in [-0.1, -0.05) is 11.3 Å². The van der Waals surface area contributed by atoms with Gasteiger partial charge >= 0.3 is 0 Å². The lowest BCUT2D eigenvalue weighted by atomic mass is 9.94. The van der Waals surface area contributed by atoms with Crippen molar-refractivity contribution in [2.24, 2.45) is 0 Å². The third-order valence-electron chi connectivity index (χ3n) is 6.56. The van der Waals surface area contributed by atoms with Crippen LogP contribution in [-0.4, -0.2) is 67.7 Å².